The number of benzene rings is 1. The molecular weight excluding hydrogens is 293 g/mol. The zero-order valence-corrected chi connectivity index (χ0v) is 12.3. The Morgan fingerprint density at radius 2 is 1.86 bits per heavy atom. The smallest absolute Gasteiger partial charge is 0.339 e. The van der Waals surface area contributed by atoms with E-state index >= 15 is 0 Å². The number of hydrogen-bond acceptors (Lipinski definition) is 3. The maximum Gasteiger partial charge on any atom is 0.339 e. The number of anilines is 1. The Labute approximate surface area is 125 Å². The minimum Gasteiger partial charge on any atom is -0.478 e. The molecule has 0 fully saturated rings. The highest BCUT2D eigenvalue weighted by atomic mass is 32.1. The molecule has 2 rings (SSSR count). The number of carboxylic acids is 1. The summed E-state index contributed by atoms with van der Waals surface area (Å²) in [6, 6.07) is 5.06. The van der Waals surface area contributed by atoms with Crippen LogP contribution in [0.5, 0.6) is 0 Å². The van der Waals surface area contributed by atoms with E-state index in [9.17, 15) is 19.1 Å². The number of hydrogen-bond donors (Lipinski definition) is 2. The SMILES string of the molecule is CC(C)c1csc(NC(=O)c2ccc(F)cc2)c1C(=O)O. The molecule has 0 bridgehead atoms. The minimum atomic E-state index is -1.07. The van der Waals surface area contributed by atoms with Crippen LogP contribution in [0.3, 0.4) is 0 Å². The number of amides is 1. The summed E-state index contributed by atoms with van der Waals surface area (Å²) in [5.74, 6) is -1.93. The summed E-state index contributed by atoms with van der Waals surface area (Å²) in [5, 5.41) is 13.9. The Bertz CT molecular complexity index is 677. The molecule has 1 heterocycles. The van der Waals surface area contributed by atoms with E-state index in [1.807, 2.05) is 13.8 Å². The van der Waals surface area contributed by atoms with E-state index in [1.165, 1.54) is 35.6 Å². The van der Waals surface area contributed by atoms with Crippen LogP contribution >= 0.6 is 11.3 Å². The third kappa shape index (κ3) is 3.28. The Balaban J connectivity index is 2.29. The minimum absolute atomic E-state index is 0.0452. The molecular formula is C15H14FNO3S. The van der Waals surface area contributed by atoms with Crippen LogP contribution in [-0.4, -0.2) is 17.0 Å². The molecule has 0 saturated carbocycles. The monoisotopic (exact) mass is 307 g/mol. The Morgan fingerprint density at radius 1 is 1.24 bits per heavy atom. The lowest BCUT2D eigenvalue weighted by Gasteiger charge is -2.07. The van der Waals surface area contributed by atoms with Gasteiger partial charge in [0.15, 0.2) is 0 Å². The first-order chi connectivity index (χ1) is 9.90. The highest BCUT2D eigenvalue weighted by Gasteiger charge is 2.21. The second kappa shape index (κ2) is 6.05. The fourth-order valence-corrected chi connectivity index (χ4v) is 2.99. The van der Waals surface area contributed by atoms with Gasteiger partial charge in [0.05, 0.1) is 5.56 Å². The highest BCUT2D eigenvalue weighted by molar-refractivity contribution is 7.15. The lowest BCUT2D eigenvalue weighted by atomic mass is 10.0. The molecule has 0 unspecified atom stereocenters. The molecule has 1 amide bonds. The van der Waals surface area contributed by atoms with Crippen LogP contribution < -0.4 is 5.32 Å². The molecule has 0 aliphatic carbocycles. The van der Waals surface area contributed by atoms with Gasteiger partial charge in [-0.3, -0.25) is 4.79 Å². The second-order valence-corrected chi connectivity index (χ2v) is 5.70. The second-order valence-electron chi connectivity index (χ2n) is 4.82. The van der Waals surface area contributed by atoms with Crippen LogP contribution in [-0.2, 0) is 0 Å². The van der Waals surface area contributed by atoms with Crippen molar-refractivity contribution in [2.75, 3.05) is 5.32 Å². The van der Waals surface area contributed by atoms with Gasteiger partial charge in [-0.05, 0) is 41.1 Å². The molecule has 2 aromatic rings. The third-order valence-corrected chi connectivity index (χ3v) is 3.90. The molecule has 110 valence electrons. The average molecular weight is 307 g/mol. The van der Waals surface area contributed by atoms with Gasteiger partial charge < -0.3 is 10.4 Å². The first kappa shape index (κ1) is 15.2. The number of carboxylic acid groups (broad SMARTS) is 1. The van der Waals surface area contributed by atoms with Crippen molar-refractivity contribution >= 4 is 28.2 Å². The summed E-state index contributed by atoms with van der Waals surface area (Å²) in [7, 11) is 0. The molecule has 0 saturated heterocycles. The average Bonchev–Trinajstić information content (AvgIpc) is 2.83. The zero-order valence-electron chi connectivity index (χ0n) is 11.5. The number of rotatable bonds is 4. The van der Waals surface area contributed by atoms with Crippen LogP contribution in [0.25, 0.3) is 0 Å². The van der Waals surface area contributed by atoms with Crippen LogP contribution in [0.2, 0.25) is 0 Å². The van der Waals surface area contributed by atoms with Crippen molar-refractivity contribution in [1.29, 1.82) is 0 Å². The van der Waals surface area contributed by atoms with Crippen molar-refractivity contribution in [3.05, 3.63) is 52.2 Å². The molecule has 0 atom stereocenters. The number of nitrogens with one attached hydrogen (secondary N) is 1. The van der Waals surface area contributed by atoms with E-state index in [2.05, 4.69) is 5.32 Å². The van der Waals surface area contributed by atoms with Gasteiger partial charge in [-0.1, -0.05) is 13.8 Å². The van der Waals surface area contributed by atoms with E-state index in [0.717, 1.165) is 0 Å². The number of carbonyl (C=O) groups is 2. The standard InChI is InChI=1S/C15H14FNO3S/c1-8(2)11-7-21-14(12(11)15(19)20)17-13(18)9-3-5-10(16)6-4-9/h3-8H,1-2H3,(H,17,18)(H,19,20). The topological polar surface area (TPSA) is 66.4 Å². The van der Waals surface area contributed by atoms with Gasteiger partial charge in [-0.2, -0.15) is 0 Å². The zero-order chi connectivity index (χ0) is 15.6. The van der Waals surface area contributed by atoms with E-state index in [-0.39, 0.29) is 17.0 Å². The molecule has 1 aromatic carbocycles. The summed E-state index contributed by atoms with van der Waals surface area (Å²) in [5.41, 5.74) is 1.07. The van der Waals surface area contributed by atoms with Crippen molar-refractivity contribution in [2.45, 2.75) is 19.8 Å². The normalized spacial score (nSPS) is 10.7. The molecule has 6 heteroatoms. The fraction of sp³-hybridized carbons (Fsp3) is 0.200. The molecule has 0 spiro atoms. The molecule has 1 aromatic heterocycles. The van der Waals surface area contributed by atoms with E-state index in [0.29, 0.717) is 10.6 Å². The fourth-order valence-electron chi connectivity index (χ4n) is 1.89. The summed E-state index contributed by atoms with van der Waals surface area (Å²) in [6.45, 7) is 3.78. The van der Waals surface area contributed by atoms with Crippen molar-refractivity contribution in [3.63, 3.8) is 0 Å². The van der Waals surface area contributed by atoms with Gasteiger partial charge in [0.25, 0.3) is 5.91 Å². The Kier molecular flexibility index (Phi) is 4.37. The molecule has 0 radical (unpaired) electrons. The molecule has 2 N–H and O–H groups in total. The van der Waals surface area contributed by atoms with Crippen LogP contribution in [0, 0.1) is 5.82 Å². The molecule has 21 heavy (non-hydrogen) atoms. The van der Waals surface area contributed by atoms with E-state index < -0.39 is 17.7 Å². The van der Waals surface area contributed by atoms with Crippen molar-refractivity contribution < 1.29 is 19.1 Å². The number of aromatic carboxylic acids is 1. The van der Waals surface area contributed by atoms with Crippen LogP contribution in [0.4, 0.5) is 9.39 Å². The van der Waals surface area contributed by atoms with Crippen molar-refractivity contribution in [2.24, 2.45) is 0 Å². The molecule has 4 nitrogen and oxygen atoms in total. The van der Waals surface area contributed by atoms with E-state index in [1.54, 1.807) is 5.38 Å². The maximum atomic E-state index is 12.8. The van der Waals surface area contributed by atoms with Crippen LogP contribution in [0.15, 0.2) is 29.6 Å². The third-order valence-electron chi connectivity index (χ3n) is 2.99. The number of thiophene rings is 1. The first-order valence-corrected chi connectivity index (χ1v) is 7.19. The number of carbonyl (C=O) groups excluding carboxylic acids is 1. The Hall–Kier alpha value is -2.21. The van der Waals surface area contributed by atoms with Gasteiger partial charge in [-0.15, -0.1) is 11.3 Å². The summed E-state index contributed by atoms with van der Waals surface area (Å²) < 4.78 is 12.8. The predicted molar refractivity (Wildman–Crippen MR) is 79.7 cm³/mol. The predicted octanol–water partition coefficient (Wildman–Crippen LogP) is 3.96. The summed E-state index contributed by atoms with van der Waals surface area (Å²) >= 11 is 1.17. The van der Waals surface area contributed by atoms with Gasteiger partial charge in [-0.25, -0.2) is 9.18 Å². The van der Waals surface area contributed by atoms with Gasteiger partial charge in [0.2, 0.25) is 0 Å². The lowest BCUT2D eigenvalue weighted by Crippen LogP contribution is -2.14. The molecule has 0 aliphatic heterocycles. The lowest BCUT2D eigenvalue weighted by molar-refractivity contribution is 0.0697. The first-order valence-electron chi connectivity index (χ1n) is 6.31. The van der Waals surface area contributed by atoms with Crippen LogP contribution in [0.1, 0.15) is 46.0 Å². The van der Waals surface area contributed by atoms with E-state index in [4.69, 9.17) is 0 Å². The summed E-state index contributed by atoms with van der Waals surface area (Å²) in [6.07, 6.45) is 0. The van der Waals surface area contributed by atoms with Gasteiger partial charge in [0.1, 0.15) is 10.8 Å². The van der Waals surface area contributed by atoms with Crippen molar-refractivity contribution in [1.82, 2.24) is 0 Å². The van der Waals surface area contributed by atoms with Gasteiger partial charge >= 0.3 is 5.97 Å². The quantitative estimate of drug-likeness (QED) is 0.898. The number of halogens is 1. The summed E-state index contributed by atoms with van der Waals surface area (Å²) in [4.78, 5) is 23.4. The highest BCUT2D eigenvalue weighted by Crippen LogP contribution is 2.33. The Morgan fingerprint density at radius 3 is 2.38 bits per heavy atom. The van der Waals surface area contributed by atoms with Gasteiger partial charge in [0, 0.05) is 5.56 Å². The maximum absolute atomic E-state index is 12.8. The van der Waals surface area contributed by atoms with Crippen molar-refractivity contribution in [3.8, 4) is 0 Å². The largest absolute Gasteiger partial charge is 0.478 e. The molecule has 0 aliphatic rings.